The zero-order valence-corrected chi connectivity index (χ0v) is 12.0. The van der Waals surface area contributed by atoms with Gasteiger partial charge in [0.05, 0.1) is 6.61 Å². The predicted molar refractivity (Wildman–Crippen MR) is 75.7 cm³/mol. The van der Waals surface area contributed by atoms with E-state index in [0.717, 1.165) is 25.2 Å². The number of ether oxygens (including phenoxy) is 1. The molecule has 0 bridgehead atoms. The molecule has 0 fully saturated rings. The zero-order valence-electron chi connectivity index (χ0n) is 11.2. The first-order valence-corrected chi connectivity index (χ1v) is 10.3. The molecule has 2 rings (SSSR count). The third-order valence-electron chi connectivity index (χ3n) is 3.06. The van der Waals surface area contributed by atoms with Crippen molar-refractivity contribution < 1.29 is 4.74 Å². The highest BCUT2D eigenvalue weighted by atomic mass is 32.4. The second-order valence-electron chi connectivity index (χ2n) is 7.82. The fourth-order valence-corrected chi connectivity index (χ4v) is 3.45. The van der Waals surface area contributed by atoms with E-state index in [9.17, 15) is 0 Å². The van der Waals surface area contributed by atoms with Crippen LogP contribution in [0.3, 0.4) is 0 Å². The Labute approximate surface area is 98.5 Å². The molecule has 2 heteroatoms. The fraction of sp³-hybridized carbons (Fsp3) is 0.571. The molecule has 0 saturated carbocycles. The summed E-state index contributed by atoms with van der Waals surface area (Å²) in [7, 11) is -2.05. The van der Waals surface area contributed by atoms with Crippen LogP contribution in [0.25, 0.3) is 0 Å². The molecule has 0 radical (unpaired) electrons. The Morgan fingerprint density at radius 1 is 1.06 bits per heavy atom. The van der Waals surface area contributed by atoms with E-state index >= 15 is 0 Å². The van der Waals surface area contributed by atoms with Gasteiger partial charge in [0.2, 0.25) is 0 Å². The molecule has 1 nitrogen and oxygen atoms in total. The number of rotatable bonds is 1. The van der Waals surface area contributed by atoms with Crippen LogP contribution in [0.2, 0.25) is 0 Å². The van der Waals surface area contributed by atoms with Gasteiger partial charge in [0.1, 0.15) is 5.75 Å². The summed E-state index contributed by atoms with van der Waals surface area (Å²) in [5.41, 5.74) is 1.39. The van der Waals surface area contributed by atoms with Crippen LogP contribution in [0.15, 0.2) is 23.1 Å². The third-order valence-corrected chi connectivity index (χ3v) is 5.67. The summed E-state index contributed by atoms with van der Waals surface area (Å²) in [5, 5.41) is 0. The summed E-state index contributed by atoms with van der Waals surface area (Å²) in [4.78, 5) is 1.49. The number of hydrogen-bond acceptors (Lipinski definition) is 1. The molecule has 1 aliphatic rings. The van der Waals surface area contributed by atoms with Gasteiger partial charge in [0.15, 0.2) is 0 Å². The second kappa shape index (κ2) is 2.79. The van der Waals surface area contributed by atoms with Gasteiger partial charge in [-0.2, -0.15) is 0 Å². The van der Waals surface area contributed by atoms with E-state index in [4.69, 9.17) is 4.74 Å². The Balaban J connectivity index is 2.54. The Kier molecular flexibility index (Phi) is 2.06. The molecule has 0 saturated heterocycles. The first kappa shape index (κ1) is 11.8. The lowest BCUT2D eigenvalue weighted by Gasteiger charge is -2.66. The van der Waals surface area contributed by atoms with Crippen LogP contribution >= 0.6 is 8.29 Å². The van der Waals surface area contributed by atoms with Crippen molar-refractivity contribution in [3.05, 3.63) is 23.8 Å². The molecule has 92 valence electrons. The average molecular weight is 240 g/mol. The molecule has 1 aromatic carbocycles. The van der Waals surface area contributed by atoms with Gasteiger partial charge in [-0.1, -0.05) is 0 Å². The predicted octanol–water partition coefficient (Wildman–Crippen LogP) is 3.40. The van der Waals surface area contributed by atoms with E-state index in [1.54, 1.807) is 0 Å². The van der Waals surface area contributed by atoms with Crippen LogP contribution in [0.4, 0.5) is 0 Å². The number of aryl methyl sites for hydroxylation is 1. The van der Waals surface area contributed by atoms with Gasteiger partial charge in [-0.25, -0.2) is 0 Å². The average Bonchev–Trinajstić information content (AvgIpc) is 2.13. The molecule has 0 unspecified atom stereocenters. The highest BCUT2D eigenvalue weighted by molar-refractivity contribution is 8.62. The van der Waals surface area contributed by atoms with Gasteiger partial charge in [0.25, 0.3) is 0 Å². The lowest BCUT2D eigenvalue weighted by Crippen LogP contribution is -2.29. The van der Waals surface area contributed by atoms with E-state index in [-0.39, 0.29) is 0 Å². The van der Waals surface area contributed by atoms with Crippen molar-refractivity contribution in [1.82, 2.24) is 0 Å². The minimum Gasteiger partial charge on any atom is -0.493 e. The zero-order chi connectivity index (χ0) is 12.1. The van der Waals surface area contributed by atoms with E-state index in [1.807, 2.05) is 0 Å². The van der Waals surface area contributed by atoms with Gasteiger partial charge in [-0.05, 0) is 72.8 Å². The molecule has 1 heterocycles. The first-order chi connectivity index (χ1) is 7.06. The number of fused-ring (bicyclic) bond motifs is 1. The Morgan fingerprint density at radius 2 is 1.75 bits per heavy atom. The largest absolute Gasteiger partial charge is 0.493 e. The minimum absolute atomic E-state index is 0.874. The molecule has 0 aliphatic carbocycles. The van der Waals surface area contributed by atoms with E-state index in [1.165, 1.54) is 10.5 Å². The molecule has 0 atom stereocenters. The fourth-order valence-electron chi connectivity index (χ4n) is 1.97. The summed E-state index contributed by atoms with van der Waals surface area (Å²) in [5.74, 6) is 1.09. The van der Waals surface area contributed by atoms with Crippen molar-refractivity contribution in [1.29, 1.82) is 0 Å². The number of benzene rings is 1. The topological polar surface area (TPSA) is 9.23 Å². The smallest absolute Gasteiger partial charge is 0.122 e. The standard InChI is InChI=1S/C14H24OS/c1-16(2,3,4,5)13-8-9-14-12(11-13)7-6-10-15-14/h8-9,11H,6-7,10H2,1-5H3. The van der Waals surface area contributed by atoms with Crippen LogP contribution in [-0.4, -0.2) is 37.9 Å². The Bertz CT molecular complexity index is 425. The van der Waals surface area contributed by atoms with Gasteiger partial charge < -0.3 is 4.74 Å². The lowest BCUT2D eigenvalue weighted by atomic mass is 10.1. The molecule has 1 aromatic rings. The molecular weight excluding hydrogens is 216 g/mol. The molecule has 1 aliphatic heterocycles. The minimum atomic E-state index is -2.05. The van der Waals surface area contributed by atoms with Gasteiger partial charge in [0, 0.05) is 0 Å². The van der Waals surface area contributed by atoms with Crippen molar-refractivity contribution in [2.45, 2.75) is 17.7 Å². The number of hydrogen-bond donors (Lipinski definition) is 0. The Hall–Kier alpha value is -0.630. The van der Waals surface area contributed by atoms with Gasteiger partial charge in [-0.3, -0.25) is 8.29 Å². The van der Waals surface area contributed by atoms with Crippen molar-refractivity contribution >= 4 is 8.29 Å². The van der Waals surface area contributed by atoms with Gasteiger partial charge >= 0.3 is 0 Å². The molecule has 0 N–H and O–H groups in total. The van der Waals surface area contributed by atoms with Crippen LogP contribution in [0.1, 0.15) is 12.0 Å². The third kappa shape index (κ3) is 2.37. The van der Waals surface area contributed by atoms with E-state index in [2.05, 4.69) is 49.5 Å². The summed E-state index contributed by atoms with van der Waals surface area (Å²) >= 11 is 0. The maximum Gasteiger partial charge on any atom is 0.122 e. The highest BCUT2D eigenvalue weighted by Crippen LogP contribution is 2.81. The maximum absolute atomic E-state index is 5.67. The summed E-state index contributed by atoms with van der Waals surface area (Å²) in [6, 6.07) is 6.79. The Morgan fingerprint density at radius 3 is 2.38 bits per heavy atom. The maximum atomic E-state index is 5.67. The first-order valence-electron chi connectivity index (χ1n) is 5.83. The van der Waals surface area contributed by atoms with Crippen molar-refractivity contribution in [3.8, 4) is 5.75 Å². The van der Waals surface area contributed by atoms with Crippen molar-refractivity contribution in [2.75, 3.05) is 37.9 Å². The summed E-state index contributed by atoms with van der Waals surface area (Å²) in [6.45, 7) is 0.874. The molecule has 0 amide bonds. The quantitative estimate of drug-likeness (QED) is 0.731. The van der Waals surface area contributed by atoms with Gasteiger partial charge in [-0.15, -0.1) is 0 Å². The summed E-state index contributed by atoms with van der Waals surface area (Å²) in [6.07, 6.45) is 14.4. The SMILES string of the molecule is CS(C)(C)(C)(C)c1ccc2c(c1)CCCO2. The lowest BCUT2D eigenvalue weighted by molar-refractivity contribution is 0.288. The molecular formula is C14H24OS. The highest BCUT2D eigenvalue weighted by Gasteiger charge is 2.39. The molecule has 0 aromatic heterocycles. The van der Waals surface area contributed by atoms with Crippen molar-refractivity contribution in [2.24, 2.45) is 0 Å². The summed E-state index contributed by atoms with van der Waals surface area (Å²) < 4.78 is 5.67. The van der Waals surface area contributed by atoms with Crippen LogP contribution in [0, 0.1) is 0 Å². The van der Waals surface area contributed by atoms with Crippen LogP contribution < -0.4 is 4.74 Å². The van der Waals surface area contributed by atoms with E-state index in [0.29, 0.717) is 0 Å². The van der Waals surface area contributed by atoms with Crippen LogP contribution in [-0.2, 0) is 6.42 Å². The molecule has 0 spiro atoms. The monoisotopic (exact) mass is 240 g/mol. The molecule has 16 heavy (non-hydrogen) atoms. The van der Waals surface area contributed by atoms with E-state index < -0.39 is 8.29 Å². The normalized spacial score (nSPS) is 20.3. The van der Waals surface area contributed by atoms with Crippen molar-refractivity contribution in [3.63, 3.8) is 0 Å². The second-order valence-corrected chi connectivity index (χ2v) is 18.5. The van der Waals surface area contributed by atoms with Crippen LogP contribution in [0.5, 0.6) is 5.75 Å².